The minimum absolute atomic E-state index is 0.0769. The van der Waals surface area contributed by atoms with Crippen LogP contribution in [0.2, 0.25) is 0 Å². The van der Waals surface area contributed by atoms with Crippen molar-refractivity contribution < 1.29 is 9.53 Å². The maximum Gasteiger partial charge on any atom is 0.249 e. The highest BCUT2D eigenvalue weighted by atomic mass is 16.5. The van der Waals surface area contributed by atoms with Crippen molar-refractivity contribution in [2.24, 2.45) is 0 Å². The molecule has 2 atom stereocenters. The minimum Gasteiger partial charge on any atom is -0.371 e. The molecule has 3 rings (SSSR count). The minimum atomic E-state index is 0.0769. The summed E-state index contributed by atoms with van der Waals surface area (Å²) in [6, 6.07) is 0. The fourth-order valence-corrected chi connectivity index (χ4v) is 1.79. The summed E-state index contributed by atoms with van der Waals surface area (Å²) < 4.78 is 5.41. The van der Waals surface area contributed by atoms with E-state index in [4.69, 9.17) is 4.74 Å². The molecule has 3 aliphatic heterocycles. The number of hydrogen-bond donors (Lipinski definition) is 0. The summed E-state index contributed by atoms with van der Waals surface area (Å²) in [7, 11) is 0. The second-order valence-corrected chi connectivity index (χ2v) is 3.61. The molecule has 0 aromatic rings. The lowest BCUT2D eigenvalue weighted by Crippen LogP contribution is -2.58. The van der Waals surface area contributed by atoms with E-state index in [9.17, 15) is 4.79 Å². The molecular weight excluding hydrogens is 154 g/mol. The lowest BCUT2D eigenvalue weighted by molar-refractivity contribution is -0.185. The van der Waals surface area contributed by atoms with Gasteiger partial charge in [0.1, 0.15) is 0 Å². The van der Waals surface area contributed by atoms with E-state index in [1.807, 2.05) is 4.90 Å². The van der Waals surface area contributed by atoms with E-state index >= 15 is 0 Å². The lowest BCUT2D eigenvalue weighted by atomic mass is 9.98. The summed E-state index contributed by atoms with van der Waals surface area (Å²) in [5.74, 6) is 0.0769. The first-order chi connectivity index (χ1) is 5.66. The Hall–Kier alpha value is -0.830. The average Bonchev–Trinajstić information content (AvgIpc) is 2.02. The van der Waals surface area contributed by atoms with Gasteiger partial charge in [0.15, 0.2) is 0 Å². The Labute approximate surface area is 72.0 Å². The molecular formula is C9H13NO2. The van der Waals surface area contributed by atoms with Crippen LogP contribution in [-0.4, -0.2) is 36.1 Å². The van der Waals surface area contributed by atoms with Gasteiger partial charge < -0.3 is 9.64 Å². The summed E-state index contributed by atoms with van der Waals surface area (Å²) in [6.07, 6.45) is 1.72. The SMILES string of the molecule is C=C(C)C(=O)N1CC2CC(C1)O2. The number of hydrogen-bond acceptors (Lipinski definition) is 2. The summed E-state index contributed by atoms with van der Waals surface area (Å²) in [5.41, 5.74) is 0.622. The summed E-state index contributed by atoms with van der Waals surface area (Å²) in [4.78, 5) is 13.3. The van der Waals surface area contributed by atoms with E-state index < -0.39 is 0 Å². The van der Waals surface area contributed by atoms with Crippen LogP contribution in [0.25, 0.3) is 0 Å². The van der Waals surface area contributed by atoms with Crippen molar-refractivity contribution >= 4 is 5.91 Å². The Balaban J connectivity index is 1.97. The largest absolute Gasteiger partial charge is 0.371 e. The molecule has 0 N–H and O–H groups in total. The zero-order chi connectivity index (χ0) is 8.72. The van der Waals surface area contributed by atoms with E-state index in [-0.39, 0.29) is 5.91 Å². The van der Waals surface area contributed by atoms with E-state index in [1.165, 1.54) is 0 Å². The molecule has 2 unspecified atom stereocenters. The Morgan fingerprint density at radius 1 is 1.50 bits per heavy atom. The number of amides is 1. The molecule has 0 saturated carbocycles. The third kappa shape index (κ3) is 1.14. The highest BCUT2D eigenvalue weighted by Gasteiger charge is 2.39. The van der Waals surface area contributed by atoms with Crippen molar-refractivity contribution in [3.05, 3.63) is 12.2 Å². The van der Waals surface area contributed by atoms with Gasteiger partial charge in [-0.2, -0.15) is 0 Å². The van der Waals surface area contributed by atoms with Crippen LogP contribution < -0.4 is 0 Å². The number of piperidine rings is 1. The van der Waals surface area contributed by atoms with Gasteiger partial charge in [-0.05, 0) is 6.92 Å². The predicted octanol–water partition coefficient (Wildman–Crippen LogP) is 0.562. The Morgan fingerprint density at radius 3 is 2.42 bits per heavy atom. The van der Waals surface area contributed by atoms with E-state index in [0.717, 1.165) is 19.5 Å². The molecule has 1 amide bonds. The maximum atomic E-state index is 11.4. The van der Waals surface area contributed by atoms with Crippen molar-refractivity contribution in [2.45, 2.75) is 25.6 Å². The van der Waals surface area contributed by atoms with Crippen LogP contribution in [-0.2, 0) is 9.53 Å². The van der Waals surface area contributed by atoms with Crippen LogP contribution in [0.1, 0.15) is 13.3 Å². The fourth-order valence-electron chi connectivity index (χ4n) is 1.79. The first-order valence-corrected chi connectivity index (χ1v) is 4.27. The summed E-state index contributed by atoms with van der Waals surface area (Å²) in [6.45, 7) is 6.90. The topological polar surface area (TPSA) is 29.5 Å². The van der Waals surface area contributed by atoms with Crippen molar-refractivity contribution in [1.82, 2.24) is 4.90 Å². The highest BCUT2D eigenvalue weighted by molar-refractivity contribution is 5.92. The maximum absolute atomic E-state index is 11.4. The van der Waals surface area contributed by atoms with Gasteiger partial charge in [0, 0.05) is 25.1 Å². The van der Waals surface area contributed by atoms with Gasteiger partial charge in [-0.1, -0.05) is 6.58 Å². The standard InChI is InChI=1S/C9H13NO2/c1-6(2)9(11)10-4-7-3-8(5-10)12-7/h7-8H,1,3-5H2,2H3. The number of nitrogens with zero attached hydrogens (tertiary/aromatic N) is 1. The number of rotatable bonds is 1. The molecule has 0 aromatic heterocycles. The van der Waals surface area contributed by atoms with E-state index in [0.29, 0.717) is 17.8 Å². The van der Waals surface area contributed by atoms with Crippen LogP contribution in [0.5, 0.6) is 0 Å². The molecule has 3 heteroatoms. The molecule has 0 radical (unpaired) electrons. The van der Waals surface area contributed by atoms with Crippen LogP contribution in [0.4, 0.5) is 0 Å². The summed E-state index contributed by atoms with van der Waals surface area (Å²) in [5, 5.41) is 0. The fraction of sp³-hybridized carbons (Fsp3) is 0.667. The van der Waals surface area contributed by atoms with Crippen molar-refractivity contribution in [3.8, 4) is 0 Å². The Morgan fingerprint density at radius 2 is 2.00 bits per heavy atom. The van der Waals surface area contributed by atoms with Crippen LogP contribution >= 0.6 is 0 Å². The number of morpholine rings is 1. The highest BCUT2D eigenvalue weighted by Crippen LogP contribution is 2.28. The van der Waals surface area contributed by atoms with Crippen LogP contribution in [0.3, 0.4) is 0 Å². The molecule has 12 heavy (non-hydrogen) atoms. The van der Waals surface area contributed by atoms with Crippen molar-refractivity contribution in [2.75, 3.05) is 13.1 Å². The van der Waals surface area contributed by atoms with E-state index in [1.54, 1.807) is 6.92 Å². The molecule has 3 aliphatic rings. The van der Waals surface area contributed by atoms with Gasteiger partial charge in [0.05, 0.1) is 12.2 Å². The Kier molecular flexibility index (Phi) is 1.68. The number of carbonyl (C=O) groups excluding carboxylic acids is 1. The first-order valence-electron chi connectivity index (χ1n) is 4.27. The predicted molar refractivity (Wildman–Crippen MR) is 44.7 cm³/mol. The molecule has 3 saturated heterocycles. The van der Waals surface area contributed by atoms with Gasteiger partial charge in [0.2, 0.25) is 5.91 Å². The smallest absolute Gasteiger partial charge is 0.249 e. The van der Waals surface area contributed by atoms with Crippen LogP contribution in [0.15, 0.2) is 12.2 Å². The zero-order valence-corrected chi connectivity index (χ0v) is 7.25. The normalized spacial score (nSPS) is 32.6. The monoisotopic (exact) mass is 167 g/mol. The number of fused-ring (bicyclic) bond motifs is 2. The Bertz CT molecular complexity index is 221. The van der Waals surface area contributed by atoms with Crippen molar-refractivity contribution in [3.63, 3.8) is 0 Å². The lowest BCUT2D eigenvalue weighted by Gasteiger charge is -2.47. The molecule has 3 nitrogen and oxygen atoms in total. The summed E-state index contributed by atoms with van der Waals surface area (Å²) >= 11 is 0. The molecule has 3 heterocycles. The third-order valence-electron chi connectivity index (χ3n) is 2.41. The molecule has 66 valence electrons. The molecule has 0 aromatic carbocycles. The first kappa shape index (κ1) is 7.80. The molecule has 0 aliphatic carbocycles. The van der Waals surface area contributed by atoms with Gasteiger partial charge in [0.25, 0.3) is 0 Å². The van der Waals surface area contributed by atoms with Gasteiger partial charge in [-0.25, -0.2) is 0 Å². The third-order valence-corrected chi connectivity index (χ3v) is 2.41. The molecule has 0 spiro atoms. The van der Waals surface area contributed by atoms with Crippen molar-refractivity contribution in [1.29, 1.82) is 0 Å². The van der Waals surface area contributed by atoms with Gasteiger partial charge >= 0.3 is 0 Å². The zero-order valence-electron chi connectivity index (χ0n) is 7.25. The quantitative estimate of drug-likeness (QED) is 0.534. The molecule has 2 bridgehead atoms. The second-order valence-electron chi connectivity index (χ2n) is 3.61. The number of ether oxygens (including phenoxy) is 1. The van der Waals surface area contributed by atoms with Gasteiger partial charge in [-0.3, -0.25) is 4.79 Å². The van der Waals surface area contributed by atoms with E-state index in [2.05, 4.69) is 6.58 Å². The second kappa shape index (κ2) is 2.59. The number of carbonyl (C=O) groups is 1. The molecule has 3 fully saturated rings. The van der Waals surface area contributed by atoms with Crippen LogP contribution in [0, 0.1) is 0 Å². The average molecular weight is 167 g/mol. The van der Waals surface area contributed by atoms with Gasteiger partial charge in [-0.15, -0.1) is 0 Å².